The molecular formula is C26H43NO17. The zero-order valence-electron chi connectivity index (χ0n) is 23.6. The van der Waals surface area contributed by atoms with Gasteiger partial charge in [0.15, 0.2) is 12.6 Å². The van der Waals surface area contributed by atoms with Crippen molar-refractivity contribution in [3.05, 3.63) is 23.3 Å². The quantitative estimate of drug-likeness (QED) is 0.104. The summed E-state index contributed by atoms with van der Waals surface area (Å²) in [5, 5.41) is 136. The van der Waals surface area contributed by atoms with Crippen molar-refractivity contribution in [3.63, 3.8) is 0 Å². The van der Waals surface area contributed by atoms with Crippen LogP contribution < -0.4 is 5.32 Å². The van der Waals surface area contributed by atoms with E-state index in [4.69, 9.17) is 18.9 Å². The Bertz CT molecular complexity index is 1020. The normalized spacial score (nSPS) is 50.2. The minimum absolute atomic E-state index is 0.0264. The Morgan fingerprint density at radius 3 is 1.89 bits per heavy atom. The maximum absolute atomic E-state index is 10.9. The Hall–Kier alpha value is -1.24. The van der Waals surface area contributed by atoms with E-state index in [-0.39, 0.29) is 11.1 Å². The number of hydrogen-bond acceptors (Lipinski definition) is 18. The van der Waals surface area contributed by atoms with Gasteiger partial charge in [0.1, 0.15) is 79.4 Å². The average molecular weight is 642 g/mol. The zero-order valence-corrected chi connectivity index (χ0v) is 23.6. The predicted octanol–water partition coefficient (Wildman–Crippen LogP) is -7.98. The highest BCUT2D eigenvalue weighted by molar-refractivity contribution is 5.23. The van der Waals surface area contributed by atoms with E-state index in [9.17, 15) is 66.4 Å². The molecule has 0 aromatic carbocycles. The first-order valence-electron chi connectivity index (χ1n) is 14.2. The Labute approximate surface area is 251 Å². The lowest BCUT2D eigenvalue weighted by atomic mass is 9.86. The van der Waals surface area contributed by atoms with Crippen LogP contribution in [-0.2, 0) is 18.9 Å². The summed E-state index contributed by atoms with van der Waals surface area (Å²) in [5.41, 5.74) is -0.0163. The van der Waals surface area contributed by atoms with Gasteiger partial charge in [-0.1, -0.05) is 6.08 Å². The number of nitrogens with one attached hydrogen (secondary N) is 1. The average Bonchev–Trinajstić information content (AvgIpc) is 3.00. The predicted molar refractivity (Wildman–Crippen MR) is 141 cm³/mol. The van der Waals surface area contributed by atoms with E-state index in [1.54, 1.807) is 0 Å². The first-order chi connectivity index (χ1) is 20.7. The number of ether oxygens (including phenoxy) is 4. The molecule has 2 saturated heterocycles. The molecular weight excluding hydrogens is 598 g/mol. The molecule has 0 radical (unpaired) electrons. The zero-order chi connectivity index (χ0) is 32.6. The molecule has 4 rings (SSSR count). The SMILES string of the molecule is CC1O[C@H](O[C@H]2[C@H](O)[C@@H](O)[C@@H](O[C@H]3C(CO)=C[C@@H](O)[C@@H](O)[C@@H]3O)O[C@@H]2CO)[C@@H](O)[C@H](O)[C@@H]1N[C@H]1C=C(CO)[C@@H](O)[C@H](O)[C@H]1O. The van der Waals surface area contributed by atoms with Gasteiger partial charge in [0.05, 0.1) is 38.0 Å². The van der Waals surface area contributed by atoms with E-state index in [2.05, 4.69) is 5.32 Å². The van der Waals surface area contributed by atoms with Crippen molar-refractivity contribution in [3.8, 4) is 0 Å². The molecule has 0 aromatic heterocycles. The summed E-state index contributed by atoms with van der Waals surface area (Å²) in [5.74, 6) is 0. The van der Waals surface area contributed by atoms with Crippen LogP contribution in [0, 0.1) is 0 Å². The molecule has 4 aliphatic rings. The molecule has 254 valence electrons. The van der Waals surface area contributed by atoms with Gasteiger partial charge < -0.3 is 90.6 Å². The molecule has 0 spiro atoms. The van der Waals surface area contributed by atoms with Crippen molar-refractivity contribution in [2.24, 2.45) is 0 Å². The smallest absolute Gasteiger partial charge is 0.187 e. The van der Waals surface area contributed by atoms with E-state index in [0.717, 1.165) is 6.08 Å². The molecule has 18 heteroatoms. The van der Waals surface area contributed by atoms with E-state index in [1.165, 1.54) is 13.0 Å². The standard InChI is InChI=1S/C26H43NO17/c1-7-13(27-10-2-8(4-28)14(32)18(36)15(10)33)17(35)21(39)25(41-7)44-24-12(6-30)42-26(22(40)20(24)38)43-23-9(5-29)3-11(31)16(34)19(23)37/h2-3,7,10-40H,4-6H2,1H3/t7?,10-,11+,12+,13+,14+,15-,16+,17+,18-,19-,20+,21-,22+,23-,24+,25+,26+/m0/s1. The summed E-state index contributed by atoms with van der Waals surface area (Å²) in [4.78, 5) is 0. The molecule has 18 nitrogen and oxygen atoms in total. The molecule has 0 aromatic rings. The Morgan fingerprint density at radius 1 is 0.659 bits per heavy atom. The fourth-order valence-electron chi connectivity index (χ4n) is 5.89. The van der Waals surface area contributed by atoms with Gasteiger partial charge in [0, 0.05) is 0 Å². The van der Waals surface area contributed by atoms with Crippen LogP contribution in [0.1, 0.15) is 6.92 Å². The summed E-state index contributed by atoms with van der Waals surface area (Å²) in [6.07, 6.45) is -23.3. The van der Waals surface area contributed by atoms with Crippen LogP contribution in [0.25, 0.3) is 0 Å². The Morgan fingerprint density at radius 2 is 1.27 bits per heavy atom. The maximum atomic E-state index is 10.9. The van der Waals surface area contributed by atoms with Gasteiger partial charge >= 0.3 is 0 Å². The number of hydrogen-bond donors (Lipinski definition) is 14. The topological polar surface area (TPSA) is 312 Å². The van der Waals surface area contributed by atoms with Crippen LogP contribution in [0.15, 0.2) is 23.3 Å². The summed E-state index contributed by atoms with van der Waals surface area (Å²) in [7, 11) is 0. The first kappa shape index (κ1) is 35.6. The molecule has 0 saturated carbocycles. The van der Waals surface area contributed by atoms with E-state index < -0.39 is 130 Å². The minimum Gasteiger partial charge on any atom is -0.394 e. The van der Waals surface area contributed by atoms with Crippen LogP contribution in [0.3, 0.4) is 0 Å². The monoisotopic (exact) mass is 641 g/mol. The van der Waals surface area contributed by atoms with Gasteiger partial charge in [-0.05, 0) is 24.1 Å². The number of aliphatic hydroxyl groups excluding tert-OH is 13. The fourth-order valence-corrected chi connectivity index (χ4v) is 5.89. The van der Waals surface area contributed by atoms with Crippen molar-refractivity contribution in [2.75, 3.05) is 19.8 Å². The summed E-state index contributed by atoms with van der Waals surface area (Å²) in [6, 6.07) is -2.16. The van der Waals surface area contributed by atoms with Gasteiger partial charge in [-0.3, -0.25) is 0 Å². The van der Waals surface area contributed by atoms with E-state index in [1.807, 2.05) is 0 Å². The van der Waals surface area contributed by atoms with E-state index in [0.29, 0.717) is 0 Å². The number of aliphatic hydroxyl groups is 13. The second-order valence-electron chi connectivity index (χ2n) is 11.5. The van der Waals surface area contributed by atoms with Gasteiger partial charge in [0.25, 0.3) is 0 Å². The van der Waals surface area contributed by atoms with Crippen LogP contribution >= 0.6 is 0 Å². The van der Waals surface area contributed by atoms with E-state index >= 15 is 0 Å². The number of rotatable bonds is 9. The largest absolute Gasteiger partial charge is 0.394 e. The molecule has 2 fully saturated rings. The first-order valence-corrected chi connectivity index (χ1v) is 14.2. The van der Waals surface area contributed by atoms with Crippen molar-refractivity contribution < 1.29 is 85.3 Å². The van der Waals surface area contributed by atoms with Crippen LogP contribution in [0.2, 0.25) is 0 Å². The van der Waals surface area contributed by atoms with Crippen LogP contribution in [-0.4, -0.2) is 196 Å². The molecule has 2 aliphatic carbocycles. The van der Waals surface area contributed by atoms with Crippen molar-refractivity contribution in [1.29, 1.82) is 0 Å². The lowest BCUT2D eigenvalue weighted by Gasteiger charge is -2.48. The maximum Gasteiger partial charge on any atom is 0.187 e. The summed E-state index contributed by atoms with van der Waals surface area (Å²) < 4.78 is 22.5. The Kier molecular flexibility index (Phi) is 11.9. The van der Waals surface area contributed by atoms with Gasteiger partial charge in [0.2, 0.25) is 0 Å². The molecule has 14 N–H and O–H groups in total. The third kappa shape index (κ3) is 6.88. The lowest BCUT2D eigenvalue weighted by molar-refractivity contribution is -0.357. The molecule has 0 amide bonds. The van der Waals surface area contributed by atoms with Gasteiger partial charge in [-0.15, -0.1) is 0 Å². The highest BCUT2D eigenvalue weighted by Gasteiger charge is 2.52. The molecule has 18 atom stereocenters. The summed E-state index contributed by atoms with van der Waals surface area (Å²) >= 11 is 0. The second-order valence-corrected chi connectivity index (χ2v) is 11.5. The summed E-state index contributed by atoms with van der Waals surface area (Å²) in [6.45, 7) is -0.643. The van der Waals surface area contributed by atoms with Gasteiger partial charge in [-0.2, -0.15) is 0 Å². The second kappa shape index (κ2) is 14.7. The molecule has 44 heavy (non-hydrogen) atoms. The molecule has 0 bridgehead atoms. The minimum atomic E-state index is -1.90. The lowest BCUT2D eigenvalue weighted by Crippen LogP contribution is -2.68. The van der Waals surface area contributed by atoms with Gasteiger partial charge in [-0.25, -0.2) is 0 Å². The van der Waals surface area contributed by atoms with Crippen molar-refractivity contribution in [1.82, 2.24) is 5.32 Å². The fraction of sp³-hybridized carbons (Fsp3) is 0.846. The van der Waals surface area contributed by atoms with Crippen LogP contribution in [0.4, 0.5) is 0 Å². The van der Waals surface area contributed by atoms with Crippen molar-refractivity contribution >= 4 is 0 Å². The Balaban J connectivity index is 1.43. The highest BCUT2D eigenvalue weighted by atomic mass is 16.7. The third-order valence-corrected chi connectivity index (χ3v) is 8.57. The highest BCUT2D eigenvalue weighted by Crippen LogP contribution is 2.33. The van der Waals surface area contributed by atoms with Crippen LogP contribution in [0.5, 0.6) is 0 Å². The molecule has 1 unspecified atom stereocenters. The van der Waals surface area contributed by atoms with Crippen molar-refractivity contribution in [2.45, 2.75) is 117 Å². The molecule has 2 aliphatic heterocycles. The molecule has 2 heterocycles. The third-order valence-electron chi connectivity index (χ3n) is 8.57.